The number of aliphatic hydroxyl groups is 1. The summed E-state index contributed by atoms with van der Waals surface area (Å²) in [5, 5.41) is 12.5. The molecule has 5 heteroatoms. The maximum Gasteiger partial charge on any atom is 0.0917 e. The standard InChI is InChI=1S/C17H23N3OS/c1-14-9-19(10-16-12-22-13-18-16)7-8-20(14)11-17(21)15-5-3-2-4-6-15/h2-6,12-14,17,21H,7-11H2,1H3/t14-,17+/m0/s1. The Morgan fingerprint density at radius 2 is 2.14 bits per heavy atom. The van der Waals surface area contributed by atoms with Crippen molar-refractivity contribution in [1.29, 1.82) is 0 Å². The lowest BCUT2D eigenvalue weighted by Crippen LogP contribution is -2.52. The number of hydrogen-bond acceptors (Lipinski definition) is 5. The summed E-state index contributed by atoms with van der Waals surface area (Å²) in [6.45, 7) is 6.93. The van der Waals surface area contributed by atoms with E-state index in [9.17, 15) is 5.11 Å². The van der Waals surface area contributed by atoms with Gasteiger partial charge in [-0.3, -0.25) is 9.80 Å². The summed E-state index contributed by atoms with van der Waals surface area (Å²) in [6.07, 6.45) is -0.409. The van der Waals surface area contributed by atoms with Crippen LogP contribution in [0.5, 0.6) is 0 Å². The second-order valence-corrected chi connectivity index (χ2v) is 6.70. The Labute approximate surface area is 136 Å². The maximum atomic E-state index is 10.4. The monoisotopic (exact) mass is 317 g/mol. The SMILES string of the molecule is C[C@H]1CN(Cc2cscn2)CCN1C[C@@H](O)c1ccccc1. The Hall–Kier alpha value is -1.27. The van der Waals surface area contributed by atoms with E-state index in [2.05, 4.69) is 27.1 Å². The summed E-state index contributed by atoms with van der Waals surface area (Å²) < 4.78 is 0. The number of nitrogens with zero attached hydrogens (tertiary/aromatic N) is 3. The number of benzene rings is 1. The number of β-amino-alcohol motifs (C(OH)–C–C–N with tert-alkyl or cyclic N) is 1. The highest BCUT2D eigenvalue weighted by Crippen LogP contribution is 2.18. The van der Waals surface area contributed by atoms with E-state index < -0.39 is 6.10 Å². The van der Waals surface area contributed by atoms with Crippen molar-refractivity contribution >= 4 is 11.3 Å². The summed E-state index contributed by atoms with van der Waals surface area (Å²) >= 11 is 1.65. The normalized spacial score (nSPS) is 21.8. The van der Waals surface area contributed by atoms with Crippen molar-refractivity contribution in [3.8, 4) is 0 Å². The number of hydrogen-bond donors (Lipinski definition) is 1. The van der Waals surface area contributed by atoms with Crippen molar-refractivity contribution in [2.45, 2.75) is 25.6 Å². The summed E-state index contributed by atoms with van der Waals surface area (Å²) in [7, 11) is 0. The molecule has 118 valence electrons. The molecule has 0 unspecified atom stereocenters. The van der Waals surface area contributed by atoms with Crippen molar-refractivity contribution < 1.29 is 5.11 Å². The van der Waals surface area contributed by atoms with Gasteiger partial charge in [-0.2, -0.15) is 0 Å². The van der Waals surface area contributed by atoms with Gasteiger partial charge in [0.2, 0.25) is 0 Å². The van der Waals surface area contributed by atoms with Crippen molar-refractivity contribution in [1.82, 2.24) is 14.8 Å². The average molecular weight is 317 g/mol. The minimum absolute atomic E-state index is 0.409. The molecule has 2 aromatic rings. The molecule has 0 spiro atoms. The van der Waals surface area contributed by atoms with Gasteiger partial charge in [0.1, 0.15) is 0 Å². The lowest BCUT2D eigenvalue weighted by atomic mass is 10.1. The molecule has 0 aliphatic carbocycles. The van der Waals surface area contributed by atoms with Gasteiger partial charge < -0.3 is 5.11 Å². The molecule has 1 aliphatic rings. The molecule has 1 fully saturated rings. The van der Waals surface area contributed by atoms with Crippen LogP contribution in [-0.4, -0.2) is 52.1 Å². The number of thiazole rings is 1. The van der Waals surface area contributed by atoms with Crippen molar-refractivity contribution in [2.24, 2.45) is 0 Å². The Balaban J connectivity index is 1.52. The molecule has 3 rings (SSSR count). The van der Waals surface area contributed by atoms with Crippen LogP contribution in [0.15, 0.2) is 41.2 Å². The fourth-order valence-electron chi connectivity index (χ4n) is 3.03. The van der Waals surface area contributed by atoms with E-state index in [1.54, 1.807) is 11.3 Å². The second kappa shape index (κ2) is 7.33. The number of aliphatic hydroxyl groups excluding tert-OH is 1. The lowest BCUT2D eigenvalue weighted by Gasteiger charge is -2.40. The molecular formula is C17H23N3OS. The Kier molecular flexibility index (Phi) is 5.20. The minimum atomic E-state index is -0.409. The third kappa shape index (κ3) is 3.93. The fraction of sp³-hybridized carbons (Fsp3) is 0.471. The van der Waals surface area contributed by atoms with Crippen molar-refractivity contribution in [3.05, 3.63) is 52.5 Å². The van der Waals surface area contributed by atoms with Crippen LogP contribution in [0.25, 0.3) is 0 Å². The van der Waals surface area contributed by atoms with Gasteiger partial charge in [0.25, 0.3) is 0 Å². The van der Waals surface area contributed by atoms with Gasteiger partial charge in [-0.15, -0.1) is 11.3 Å². The predicted octanol–water partition coefficient (Wildman–Crippen LogP) is 2.38. The smallest absolute Gasteiger partial charge is 0.0917 e. The summed E-state index contributed by atoms with van der Waals surface area (Å²) in [5.74, 6) is 0. The van der Waals surface area contributed by atoms with Gasteiger partial charge in [0.15, 0.2) is 0 Å². The molecule has 1 saturated heterocycles. The van der Waals surface area contributed by atoms with E-state index in [0.29, 0.717) is 12.6 Å². The van der Waals surface area contributed by atoms with Gasteiger partial charge in [-0.05, 0) is 12.5 Å². The van der Waals surface area contributed by atoms with E-state index in [4.69, 9.17) is 0 Å². The first-order valence-electron chi connectivity index (χ1n) is 7.79. The second-order valence-electron chi connectivity index (χ2n) is 5.99. The van der Waals surface area contributed by atoms with E-state index in [1.165, 1.54) is 0 Å². The molecule has 0 radical (unpaired) electrons. The highest BCUT2D eigenvalue weighted by Gasteiger charge is 2.25. The van der Waals surface area contributed by atoms with Crippen LogP contribution in [0.4, 0.5) is 0 Å². The molecule has 0 bridgehead atoms. The van der Waals surface area contributed by atoms with Crippen LogP contribution in [0, 0.1) is 0 Å². The van der Waals surface area contributed by atoms with Crippen molar-refractivity contribution in [2.75, 3.05) is 26.2 Å². The zero-order valence-corrected chi connectivity index (χ0v) is 13.7. The highest BCUT2D eigenvalue weighted by atomic mass is 32.1. The number of aromatic nitrogens is 1. The lowest BCUT2D eigenvalue weighted by molar-refractivity contribution is 0.0359. The first-order valence-corrected chi connectivity index (χ1v) is 8.73. The van der Waals surface area contributed by atoms with Crippen LogP contribution >= 0.6 is 11.3 Å². The van der Waals surface area contributed by atoms with E-state index >= 15 is 0 Å². The predicted molar refractivity (Wildman–Crippen MR) is 89.8 cm³/mol. The Bertz CT molecular complexity index is 561. The van der Waals surface area contributed by atoms with E-state index in [1.807, 2.05) is 35.8 Å². The molecule has 1 aliphatic heterocycles. The Morgan fingerprint density at radius 1 is 1.32 bits per heavy atom. The minimum Gasteiger partial charge on any atom is -0.387 e. The van der Waals surface area contributed by atoms with Gasteiger partial charge in [0.05, 0.1) is 17.3 Å². The summed E-state index contributed by atoms with van der Waals surface area (Å²) in [4.78, 5) is 9.20. The van der Waals surface area contributed by atoms with Crippen LogP contribution in [-0.2, 0) is 6.54 Å². The average Bonchev–Trinajstić information content (AvgIpc) is 3.04. The largest absolute Gasteiger partial charge is 0.387 e. The van der Waals surface area contributed by atoms with Crippen molar-refractivity contribution in [3.63, 3.8) is 0 Å². The van der Waals surface area contributed by atoms with E-state index in [0.717, 1.165) is 37.4 Å². The zero-order chi connectivity index (χ0) is 15.4. The molecule has 2 atom stereocenters. The topological polar surface area (TPSA) is 39.6 Å². The quantitative estimate of drug-likeness (QED) is 0.919. The third-order valence-corrected chi connectivity index (χ3v) is 4.95. The van der Waals surface area contributed by atoms with Gasteiger partial charge >= 0.3 is 0 Å². The fourth-order valence-corrected chi connectivity index (χ4v) is 3.58. The molecule has 1 N–H and O–H groups in total. The van der Waals surface area contributed by atoms with Gasteiger partial charge in [-0.1, -0.05) is 30.3 Å². The molecule has 22 heavy (non-hydrogen) atoms. The maximum absolute atomic E-state index is 10.4. The van der Waals surface area contributed by atoms with Crippen LogP contribution in [0.2, 0.25) is 0 Å². The molecule has 0 saturated carbocycles. The first kappa shape index (κ1) is 15.6. The van der Waals surface area contributed by atoms with E-state index in [-0.39, 0.29) is 0 Å². The number of rotatable bonds is 5. The van der Waals surface area contributed by atoms with Crippen LogP contribution in [0.3, 0.4) is 0 Å². The molecule has 4 nitrogen and oxygen atoms in total. The third-order valence-electron chi connectivity index (χ3n) is 4.31. The summed E-state index contributed by atoms with van der Waals surface area (Å²) in [6, 6.07) is 10.4. The zero-order valence-electron chi connectivity index (χ0n) is 12.9. The van der Waals surface area contributed by atoms with Crippen LogP contribution < -0.4 is 0 Å². The van der Waals surface area contributed by atoms with Crippen LogP contribution in [0.1, 0.15) is 24.3 Å². The van der Waals surface area contributed by atoms with Gasteiger partial charge in [-0.25, -0.2) is 4.98 Å². The molecule has 0 amide bonds. The summed E-state index contributed by atoms with van der Waals surface area (Å²) in [5.41, 5.74) is 4.06. The molecule has 1 aromatic heterocycles. The molecule has 1 aromatic carbocycles. The molecule has 2 heterocycles. The molecular weight excluding hydrogens is 294 g/mol. The highest BCUT2D eigenvalue weighted by molar-refractivity contribution is 7.07. The number of piperazine rings is 1. The first-order chi connectivity index (χ1) is 10.7. The van der Waals surface area contributed by atoms with Gasteiger partial charge in [0, 0.05) is 44.1 Å². The Morgan fingerprint density at radius 3 is 2.82 bits per heavy atom.